The van der Waals surface area contributed by atoms with Crippen LogP contribution in [0, 0.1) is 11.6 Å². The molecule has 0 spiro atoms. The van der Waals surface area contributed by atoms with Crippen LogP contribution in [-0.2, 0) is 11.2 Å². The number of hydrogen-bond acceptors (Lipinski definition) is 2. The van der Waals surface area contributed by atoms with Crippen molar-refractivity contribution in [2.45, 2.75) is 25.3 Å². The van der Waals surface area contributed by atoms with Crippen molar-refractivity contribution in [3.8, 4) is 0 Å². The van der Waals surface area contributed by atoms with E-state index in [1.54, 1.807) is 4.90 Å². The minimum atomic E-state index is -0.705. The lowest BCUT2D eigenvalue weighted by Crippen LogP contribution is -2.38. The number of carbonyl (C=O) groups excluding carboxylic acids is 1. The zero-order valence-electron chi connectivity index (χ0n) is 9.90. The molecule has 1 heterocycles. The Labute approximate surface area is 104 Å². The van der Waals surface area contributed by atoms with Gasteiger partial charge in [0.1, 0.15) is 11.6 Å². The molecule has 1 aliphatic heterocycles. The molecule has 0 bridgehead atoms. The number of aliphatic hydroxyl groups is 1. The van der Waals surface area contributed by atoms with Crippen molar-refractivity contribution < 1.29 is 18.7 Å². The third-order valence-electron chi connectivity index (χ3n) is 3.27. The molecule has 2 rings (SSSR count). The highest BCUT2D eigenvalue weighted by molar-refractivity contribution is 5.79. The Morgan fingerprint density at radius 3 is 2.89 bits per heavy atom. The molecule has 1 saturated heterocycles. The standard InChI is InChI=1S/C13H15F2NO2/c14-10-4-3-9(12(15)7-10)6-13(18)16-5-1-2-11(16)8-17/h3-4,7,11,17H,1-2,5-6,8H2/t11-/m0/s1. The second-order valence-electron chi connectivity index (χ2n) is 4.48. The van der Waals surface area contributed by atoms with E-state index in [9.17, 15) is 13.6 Å². The smallest absolute Gasteiger partial charge is 0.227 e. The normalized spacial score (nSPS) is 19.3. The average Bonchev–Trinajstić information content (AvgIpc) is 2.81. The Morgan fingerprint density at radius 2 is 2.22 bits per heavy atom. The second-order valence-corrected chi connectivity index (χ2v) is 4.48. The number of benzene rings is 1. The molecule has 0 saturated carbocycles. The molecule has 0 radical (unpaired) electrons. The summed E-state index contributed by atoms with van der Waals surface area (Å²) in [6.07, 6.45) is 1.53. The Hall–Kier alpha value is -1.49. The minimum absolute atomic E-state index is 0.0718. The summed E-state index contributed by atoms with van der Waals surface area (Å²) in [7, 11) is 0. The van der Waals surface area contributed by atoms with Gasteiger partial charge in [0.25, 0.3) is 0 Å². The molecule has 1 aliphatic rings. The van der Waals surface area contributed by atoms with Crippen LogP contribution >= 0.6 is 0 Å². The largest absolute Gasteiger partial charge is 0.394 e. The lowest BCUT2D eigenvalue weighted by Gasteiger charge is -2.23. The molecule has 98 valence electrons. The van der Waals surface area contributed by atoms with Gasteiger partial charge in [-0.3, -0.25) is 4.79 Å². The molecular formula is C13H15F2NO2. The fraction of sp³-hybridized carbons (Fsp3) is 0.462. The summed E-state index contributed by atoms with van der Waals surface area (Å²) in [5, 5.41) is 9.12. The summed E-state index contributed by atoms with van der Waals surface area (Å²) in [6, 6.07) is 3.03. The number of carbonyl (C=O) groups is 1. The first-order chi connectivity index (χ1) is 8.61. The van der Waals surface area contributed by atoms with Crippen LogP contribution in [0.3, 0.4) is 0 Å². The highest BCUT2D eigenvalue weighted by Crippen LogP contribution is 2.19. The summed E-state index contributed by atoms with van der Waals surface area (Å²) in [4.78, 5) is 13.5. The van der Waals surface area contributed by atoms with Gasteiger partial charge in [0.05, 0.1) is 19.1 Å². The van der Waals surface area contributed by atoms with E-state index >= 15 is 0 Å². The highest BCUT2D eigenvalue weighted by Gasteiger charge is 2.28. The predicted molar refractivity (Wildman–Crippen MR) is 61.9 cm³/mol. The number of amides is 1. The lowest BCUT2D eigenvalue weighted by molar-refractivity contribution is -0.132. The molecule has 1 atom stereocenters. The van der Waals surface area contributed by atoms with Crippen LogP contribution in [-0.4, -0.2) is 35.1 Å². The van der Waals surface area contributed by atoms with Gasteiger partial charge in [-0.25, -0.2) is 8.78 Å². The summed E-state index contributed by atoms with van der Waals surface area (Å²) in [6.45, 7) is 0.518. The highest BCUT2D eigenvalue weighted by atomic mass is 19.1. The van der Waals surface area contributed by atoms with E-state index in [4.69, 9.17) is 5.11 Å². The number of nitrogens with zero attached hydrogens (tertiary/aromatic N) is 1. The summed E-state index contributed by atoms with van der Waals surface area (Å²) in [5.41, 5.74) is 0.185. The summed E-state index contributed by atoms with van der Waals surface area (Å²) in [5.74, 6) is -1.58. The van der Waals surface area contributed by atoms with Crippen molar-refractivity contribution >= 4 is 5.91 Å². The molecular weight excluding hydrogens is 240 g/mol. The van der Waals surface area contributed by atoms with Gasteiger partial charge in [-0.2, -0.15) is 0 Å². The van der Waals surface area contributed by atoms with E-state index in [1.807, 2.05) is 0 Å². The zero-order valence-corrected chi connectivity index (χ0v) is 9.90. The molecule has 1 fully saturated rings. The summed E-state index contributed by atoms with van der Waals surface area (Å²) >= 11 is 0. The van der Waals surface area contributed by atoms with Crippen molar-refractivity contribution in [2.24, 2.45) is 0 Å². The number of aliphatic hydroxyl groups excluding tert-OH is 1. The number of rotatable bonds is 3. The molecule has 0 aromatic heterocycles. The zero-order chi connectivity index (χ0) is 13.1. The maximum atomic E-state index is 13.4. The predicted octanol–water partition coefficient (Wildman–Crippen LogP) is 1.49. The first-order valence-corrected chi connectivity index (χ1v) is 5.96. The van der Waals surface area contributed by atoms with Crippen molar-refractivity contribution in [1.82, 2.24) is 4.90 Å². The third-order valence-corrected chi connectivity index (χ3v) is 3.27. The molecule has 0 aliphatic carbocycles. The van der Waals surface area contributed by atoms with E-state index in [2.05, 4.69) is 0 Å². The fourth-order valence-corrected chi connectivity index (χ4v) is 2.28. The van der Waals surface area contributed by atoms with Crippen LogP contribution in [0.2, 0.25) is 0 Å². The minimum Gasteiger partial charge on any atom is -0.394 e. The molecule has 18 heavy (non-hydrogen) atoms. The second kappa shape index (κ2) is 5.44. The monoisotopic (exact) mass is 255 g/mol. The lowest BCUT2D eigenvalue weighted by atomic mass is 10.1. The molecule has 5 heteroatoms. The number of halogens is 2. The molecule has 3 nitrogen and oxygen atoms in total. The van der Waals surface area contributed by atoms with Crippen LogP contribution in [0.25, 0.3) is 0 Å². The molecule has 1 aromatic carbocycles. The van der Waals surface area contributed by atoms with E-state index in [-0.39, 0.29) is 30.5 Å². The first-order valence-electron chi connectivity index (χ1n) is 5.96. The molecule has 0 unspecified atom stereocenters. The number of hydrogen-bond donors (Lipinski definition) is 1. The van der Waals surface area contributed by atoms with Crippen LogP contribution < -0.4 is 0 Å². The van der Waals surface area contributed by atoms with E-state index in [0.717, 1.165) is 25.0 Å². The number of likely N-dealkylation sites (tertiary alicyclic amines) is 1. The Bertz CT molecular complexity index is 451. The van der Waals surface area contributed by atoms with Gasteiger partial charge in [0, 0.05) is 12.6 Å². The quantitative estimate of drug-likeness (QED) is 0.889. The Kier molecular flexibility index (Phi) is 3.91. The van der Waals surface area contributed by atoms with Crippen molar-refractivity contribution in [3.05, 3.63) is 35.4 Å². The molecule has 1 aromatic rings. The van der Waals surface area contributed by atoms with Crippen LogP contribution in [0.5, 0.6) is 0 Å². The van der Waals surface area contributed by atoms with Crippen LogP contribution in [0.1, 0.15) is 18.4 Å². The topological polar surface area (TPSA) is 40.5 Å². The van der Waals surface area contributed by atoms with Gasteiger partial charge >= 0.3 is 0 Å². The SMILES string of the molecule is O=C(Cc1ccc(F)cc1F)N1CCC[C@H]1CO. The van der Waals surface area contributed by atoms with Gasteiger partial charge in [-0.1, -0.05) is 6.07 Å². The van der Waals surface area contributed by atoms with Gasteiger partial charge in [-0.05, 0) is 24.5 Å². The maximum Gasteiger partial charge on any atom is 0.227 e. The van der Waals surface area contributed by atoms with E-state index in [1.165, 1.54) is 6.07 Å². The average molecular weight is 255 g/mol. The van der Waals surface area contributed by atoms with Gasteiger partial charge in [0.15, 0.2) is 0 Å². The van der Waals surface area contributed by atoms with Gasteiger partial charge < -0.3 is 10.0 Å². The van der Waals surface area contributed by atoms with Crippen molar-refractivity contribution in [1.29, 1.82) is 0 Å². The van der Waals surface area contributed by atoms with Crippen LogP contribution in [0.4, 0.5) is 8.78 Å². The first kappa shape index (κ1) is 13.0. The maximum absolute atomic E-state index is 13.4. The van der Waals surface area contributed by atoms with Gasteiger partial charge in [0.2, 0.25) is 5.91 Å². The Morgan fingerprint density at radius 1 is 1.44 bits per heavy atom. The van der Waals surface area contributed by atoms with Crippen molar-refractivity contribution in [2.75, 3.05) is 13.2 Å². The molecule has 1 N–H and O–H groups in total. The third kappa shape index (κ3) is 2.67. The van der Waals surface area contributed by atoms with E-state index in [0.29, 0.717) is 6.54 Å². The van der Waals surface area contributed by atoms with Crippen LogP contribution in [0.15, 0.2) is 18.2 Å². The van der Waals surface area contributed by atoms with E-state index < -0.39 is 11.6 Å². The summed E-state index contributed by atoms with van der Waals surface area (Å²) < 4.78 is 26.2. The van der Waals surface area contributed by atoms with Gasteiger partial charge in [-0.15, -0.1) is 0 Å². The van der Waals surface area contributed by atoms with Crippen molar-refractivity contribution in [3.63, 3.8) is 0 Å². The Balaban J connectivity index is 2.07. The fourth-order valence-electron chi connectivity index (χ4n) is 2.28. The molecule has 1 amide bonds.